The molecule has 2 fully saturated rings. The number of rotatable bonds is 2. The van der Waals surface area contributed by atoms with Crippen LogP contribution in [0.2, 0.25) is 0 Å². The standard InChI is InChI=1S/C13H24N2O2/c1-9-13(3,7-8-17-9)15-11(16)12(2)6-4-5-10(12)14/h9-10H,4-8,14H2,1-3H3,(H,15,16). The van der Waals surface area contributed by atoms with Gasteiger partial charge in [0, 0.05) is 12.6 Å². The molecule has 1 heterocycles. The van der Waals surface area contributed by atoms with E-state index in [1.165, 1.54) is 0 Å². The van der Waals surface area contributed by atoms with Gasteiger partial charge in [-0.1, -0.05) is 6.42 Å². The van der Waals surface area contributed by atoms with Crippen LogP contribution in [0.4, 0.5) is 0 Å². The summed E-state index contributed by atoms with van der Waals surface area (Å²) in [5.41, 5.74) is 5.44. The second-order valence-electron chi connectivity index (χ2n) is 6.05. The third-order valence-electron chi connectivity index (χ3n) is 4.83. The molecule has 0 aromatic carbocycles. The Kier molecular flexibility index (Phi) is 3.21. The van der Waals surface area contributed by atoms with E-state index in [-0.39, 0.29) is 23.6 Å². The minimum Gasteiger partial charge on any atom is -0.376 e. The molecular weight excluding hydrogens is 216 g/mol. The van der Waals surface area contributed by atoms with Crippen molar-refractivity contribution < 1.29 is 9.53 Å². The van der Waals surface area contributed by atoms with Crippen molar-refractivity contribution in [3.8, 4) is 0 Å². The highest BCUT2D eigenvalue weighted by Gasteiger charge is 2.47. The van der Waals surface area contributed by atoms with E-state index in [0.29, 0.717) is 0 Å². The normalized spacial score (nSPS) is 46.1. The highest BCUT2D eigenvalue weighted by atomic mass is 16.5. The van der Waals surface area contributed by atoms with Crippen LogP contribution in [0.5, 0.6) is 0 Å². The van der Waals surface area contributed by atoms with Crippen LogP contribution in [0.25, 0.3) is 0 Å². The third kappa shape index (κ3) is 2.08. The van der Waals surface area contributed by atoms with Gasteiger partial charge in [-0.05, 0) is 40.0 Å². The Labute approximate surface area is 103 Å². The van der Waals surface area contributed by atoms with E-state index in [2.05, 4.69) is 12.2 Å². The first-order valence-corrected chi connectivity index (χ1v) is 6.58. The lowest BCUT2D eigenvalue weighted by Crippen LogP contribution is -2.57. The van der Waals surface area contributed by atoms with Crippen LogP contribution < -0.4 is 11.1 Å². The van der Waals surface area contributed by atoms with Gasteiger partial charge >= 0.3 is 0 Å². The average molecular weight is 240 g/mol. The zero-order valence-electron chi connectivity index (χ0n) is 11.1. The van der Waals surface area contributed by atoms with Crippen molar-refractivity contribution in [1.82, 2.24) is 5.32 Å². The molecule has 0 radical (unpaired) electrons. The second kappa shape index (κ2) is 4.25. The van der Waals surface area contributed by atoms with Crippen LogP contribution in [0, 0.1) is 5.41 Å². The molecule has 4 unspecified atom stereocenters. The summed E-state index contributed by atoms with van der Waals surface area (Å²) in [5.74, 6) is 0.0994. The Balaban J connectivity index is 2.06. The zero-order chi connectivity index (χ0) is 12.7. The lowest BCUT2D eigenvalue weighted by atomic mass is 9.82. The molecule has 2 rings (SSSR count). The molecule has 2 aliphatic rings. The molecule has 0 aromatic rings. The lowest BCUT2D eigenvalue weighted by molar-refractivity contribution is -0.133. The molecule has 4 atom stereocenters. The minimum atomic E-state index is -0.397. The van der Waals surface area contributed by atoms with Crippen molar-refractivity contribution in [2.45, 2.75) is 64.1 Å². The molecule has 0 spiro atoms. The molecule has 1 aliphatic carbocycles. The predicted molar refractivity (Wildman–Crippen MR) is 66.5 cm³/mol. The van der Waals surface area contributed by atoms with Gasteiger partial charge in [0.1, 0.15) is 0 Å². The molecule has 0 bridgehead atoms. The van der Waals surface area contributed by atoms with Crippen molar-refractivity contribution in [2.75, 3.05) is 6.61 Å². The van der Waals surface area contributed by atoms with Crippen LogP contribution in [-0.2, 0) is 9.53 Å². The summed E-state index contributed by atoms with van der Waals surface area (Å²) in [6, 6.07) is -0.0104. The number of nitrogens with one attached hydrogen (secondary N) is 1. The Morgan fingerprint density at radius 1 is 1.41 bits per heavy atom. The maximum absolute atomic E-state index is 12.4. The minimum absolute atomic E-state index is 0.0104. The fourth-order valence-electron chi connectivity index (χ4n) is 2.88. The summed E-state index contributed by atoms with van der Waals surface area (Å²) in [5, 5.41) is 3.17. The van der Waals surface area contributed by atoms with E-state index in [9.17, 15) is 4.79 Å². The third-order valence-corrected chi connectivity index (χ3v) is 4.83. The summed E-state index contributed by atoms with van der Waals surface area (Å²) in [7, 11) is 0. The van der Waals surface area contributed by atoms with E-state index in [1.807, 2.05) is 13.8 Å². The van der Waals surface area contributed by atoms with E-state index in [0.717, 1.165) is 32.3 Å². The smallest absolute Gasteiger partial charge is 0.228 e. The molecule has 17 heavy (non-hydrogen) atoms. The Morgan fingerprint density at radius 2 is 2.12 bits per heavy atom. The van der Waals surface area contributed by atoms with Gasteiger partial charge in [-0.3, -0.25) is 4.79 Å². The van der Waals surface area contributed by atoms with Crippen LogP contribution >= 0.6 is 0 Å². The number of amides is 1. The number of nitrogens with two attached hydrogens (primary N) is 1. The molecule has 1 saturated heterocycles. The van der Waals surface area contributed by atoms with Crippen LogP contribution in [-0.4, -0.2) is 30.2 Å². The summed E-state index contributed by atoms with van der Waals surface area (Å²) in [6.45, 7) is 6.79. The number of hydrogen-bond donors (Lipinski definition) is 2. The highest BCUT2D eigenvalue weighted by molar-refractivity contribution is 5.84. The van der Waals surface area contributed by atoms with Crippen molar-refractivity contribution in [3.63, 3.8) is 0 Å². The predicted octanol–water partition coefficient (Wildman–Crippen LogP) is 1.19. The molecule has 3 N–H and O–H groups in total. The molecule has 1 saturated carbocycles. The number of hydrogen-bond acceptors (Lipinski definition) is 3. The van der Waals surface area contributed by atoms with Crippen LogP contribution in [0.1, 0.15) is 46.5 Å². The summed E-state index contributed by atoms with van der Waals surface area (Å²) in [6.07, 6.45) is 3.85. The molecule has 1 aliphatic heterocycles. The largest absolute Gasteiger partial charge is 0.376 e. The summed E-state index contributed by atoms with van der Waals surface area (Å²) < 4.78 is 5.55. The van der Waals surface area contributed by atoms with Gasteiger partial charge in [-0.25, -0.2) is 0 Å². The monoisotopic (exact) mass is 240 g/mol. The first-order chi connectivity index (χ1) is 7.88. The lowest BCUT2D eigenvalue weighted by Gasteiger charge is -2.35. The molecule has 4 nitrogen and oxygen atoms in total. The van der Waals surface area contributed by atoms with Crippen LogP contribution in [0.15, 0.2) is 0 Å². The van der Waals surface area contributed by atoms with Crippen molar-refractivity contribution in [1.29, 1.82) is 0 Å². The number of ether oxygens (including phenoxy) is 1. The first kappa shape index (κ1) is 12.8. The van der Waals surface area contributed by atoms with Gasteiger partial charge in [0.25, 0.3) is 0 Å². The van der Waals surface area contributed by atoms with E-state index in [1.54, 1.807) is 0 Å². The maximum Gasteiger partial charge on any atom is 0.228 e. The van der Waals surface area contributed by atoms with E-state index < -0.39 is 5.41 Å². The molecule has 1 amide bonds. The first-order valence-electron chi connectivity index (χ1n) is 6.58. The number of carbonyl (C=O) groups is 1. The van der Waals surface area contributed by atoms with E-state index >= 15 is 0 Å². The SMILES string of the molecule is CC1OCCC1(C)NC(=O)C1(C)CCCC1N. The molecule has 4 heteroatoms. The molecule has 98 valence electrons. The fourth-order valence-corrected chi connectivity index (χ4v) is 2.88. The average Bonchev–Trinajstić information content (AvgIpc) is 2.75. The van der Waals surface area contributed by atoms with Crippen LogP contribution in [0.3, 0.4) is 0 Å². The van der Waals surface area contributed by atoms with Gasteiger partial charge in [0.05, 0.1) is 17.1 Å². The maximum atomic E-state index is 12.4. The number of carbonyl (C=O) groups excluding carboxylic acids is 1. The topological polar surface area (TPSA) is 64.3 Å². The summed E-state index contributed by atoms with van der Waals surface area (Å²) >= 11 is 0. The van der Waals surface area contributed by atoms with Crippen molar-refractivity contribution in [2.24, 2.45) is 11.1 Å². The van der Waals surface area contributed by atoms with Crippen molar-refractivity contribution >= 4 is 5.91 Å². The molecule has 0 aromatic heterocycles. The highest BCUT2D eigenvalue weighted by Crippen LogP contribution is 2.38. The Hall–Kier alpha value is -0.610. The fraction of sp³-hybridized carbons (Fsp3) is 0.923. The van der Waals surface area contributed by atoms with E-state index in [4.69, 9.17) is 10.5 Å². The Morgan fingerprint density at radius 3 is 2.59 bits per heavy atom. The van der Waals surface area contributed by atoms with Gasteiger partial charge in [-0.15, -0.1) is 0 Å². The zero-order valence-corrected chi connectivity index (χ0v) is 11.1. The van der Waals surface area contributed by atoms with Gasteiger partial charge in [0.2, 0.25) is 5.91 Å². The second-order valence-corrected chi connectivity index (χ2v) is 6.05. The van der Waals surface area contributed by atoms with Crippen molar-refractivity contribution in [3.05, 3.63) is 0 Å². The van der Waals surface area contributed by atoms with Gasteiger partial charge in [-0.2, -0.15) is 0 Å². The summed E-state index contributed by atoms with van der Waals surface area (Å²) in [4.78, 5) is 12.4. The van der Waals surface area contributed by atoms with Gasteiger partial charge < -0.3 is 15.8 Å². The van der Waals surface area contributed by atoms with Gasteiger partial charge in [0.15, 0.2) is 0 Å². The molecular formula is C13H24N2O2. The Bertz CT molecular complexity index is 321. The quantitative estimate of drug-likeness (QED) is 0.762.